The molecule has 0 bridgehead atoms. The molecule has 0 spiro atoms. The molecule has 1 aromatic rings. The van der Waals surface area contributed by atoms with Crippen LogP contribution in [0.4, 0.5) is 11.9 Å². The van der Waals surface area contributed by atoms with Crippen LogP contribution in [0.15, 0.2) is 0 Å². The first kappa shape index (κ1) is 16.5. The monoisotopic (exact) mass is 281 g/mol. The third-order valence-electron chi connectivity index (χ3n) is 3.00. The lowest BCUT2D eigenvalue weighted by molar-refractivity contribution is 0.378. The minimum atomic E-state index is 0.341. The number of nitrogens with zero attached hydrogens (tertiary/aromatic N) is 4. The summed E-state index contributed by atoms with van der Waals surface area (Å²) in [7, 11) is 1.58. The van der Waals surface area contributed by atoms with Crippen LogP contribution < -0.4 is 15.0 Å². The number of nitrogens with one attached hydrogen (secondary N) is 1. The van der Waals surface area contributed by atoms with Gasteiger partial charge in [-0.25, -0.2) is 0 Å². The molecule has 0 aliphatic carbocycles. The molecule has 0 amide bonds. The molecule has 1 aromatic heterocycles. The molecule has 6 nitrogen and oxygen atoms in total. The van der Waals surface area contributed by atoms with Gasteiger partial charge >= 0.3 is 6.01 Å². The molecule has 0 unspecified atom stereocenters. The standard InChI is InChI=1S/C14H27N5O/c1-6-8-9-10-19(11(3)4)13-16-12(15-7-2)17-14(18-13)20-5/h11H,6-10H2,1-5H3,(H,15,16,17,18). The molecule has 6 heteroatoms. The van der Waals surface area contributed by atoms with Crippen molar-refractivity contribution in [2.24, 2.45) is 0 Å². The van der Waals surface area contributed by atoms with Crippen LogP contribution in [-0.4, -0.2) is 41.2 Å². The highest BCUT2D eigenvalue weighted by Gasteiger charge is 2.16. The third kappa shape index (κ3) is 4.83. The molecule has 0 saturated heterocycles. The van der Waals surface area contributed by atoms with Crippen molar-refractivity contribution in [3.05, 3.63) is 0 Å². The van der Waals surface area contributed by atoms with Crippen molar-refractivity contribution in [3.8, 4) is 6.01 Å². The molecular weight excluding hydrogens is 254 g/mol. The molecule has 0 aromatic carbocycles. The highest BCUT2D eigenvalue weighted by Crippen LogP contribution is 2.18. The maximum atomic E-state index is 5.17. The molecule has 0 aliphatic rings. The van der Waals surface area contributed by atoms with E-state index in [1.165, 1.54) is 12.8 Å². The quantitative estimate of drug-likeness (QED) is 0.702. The number of aromatic nitrogens is 3. The molecular formula is C14H27N5O. The summed E-state index contributed by atoms with van der Waals surface area (Å²) in [6.45, 7) is 10.2. The van der Waals surface area contributed by atoms with Crippen molar-refractivity contribution < 1.29 is 4.74 Å². The second kappa shape index (κ2) is 8.55. The molecule has 0 radical (unpaired) electrons. The Morgan fingerprint density at radius 2 is 1.90 bits per heavy atom. The van der Waals surface area contributed by atoms with Crippen LogP contribution in [0.1, 0.15) is 47.0 Å². The lowest BCUT2D eigenvalue weighted by atomic mass is 10.2. The number of unbranched alkanes of at least 4 members (excludes halogenated alkanes) is 2. The van der Waals surface area contributed by atoms with Crippen LogP contribution >= 0.6 is 0 Å². The predicted molar refractivity (Wildman–Crippen MR) is 82.5 cm³/mol. The predicted octanol–water partition coefficient (Wildman–Crippen LogP) is 2.72. The van der Waals surface area contributed by atoms with Gasteiger partial charge in [-0.2, -0.15) is 15.0 Å². The zero-order chi connectivity index (χ0) is 15.0. The van der Waals surface area contributed by atoms with E-state index in [1.807, 2.05) is 6.92 Å². The fraction of sp³-hybridized carbons (Fsp3) is 0.786. The summed E-state index contributed by atoms with van der Waals surface area (Å²) >= 11 is 0. The summed E-state index contributed by atoms with van der Waals surface area (Å²) in [5, 5.41) is 3.11. The number of hydrogen-bond acceptors (Lipinski definition) is 6. The molecule has 20 heavy (non-hydrogen) atoms. The van der Waals surface area contributed by atoms with Crippen molar-refractivity contribution in [2.75, 3.05) is 30.4 Å². The Balaban J connectivity index is 2.95. The summed E-state index contributed by atoms with van der Waals surface area (Å²) in [6.07, 6.45) is 3.56. The highest BCUT2D eigenvalue weighted by atomic mass is 16.5. The van der Waals surface area contributed by atoms with Crippen LogP contribution in [0.3, 0.4) is 0 Å². The zero-order valence-electron chi connectivity index (χ0n) is 13.3. The summed E-state index contributed by atoms with van der Waals surface area (Å²) in [5.74, 6) is 1.24. The second-order valence-corrected chi connectivity index (χ2v) is 4.97. The molecule has 0 atom stereocenters. The van der Waals surface area contributed by atoms with Crippen LogP contribution in [0.25, 0.3) is 0 Å². The van der Waals surface area contributed by atoms with Gasteiger partial charge in [0.2, 0.25) is 11.9 Å². The van der Waals surface area contributed by atoms with Crippen LogP contribution in [0.5, 0.6) is 6.01 Å². The Morgan fingerprint density at radius 1 is 1.15 bits per heavy atom. The van der Waals surface area contributed by atoms with Crippen LogP contribution in [0, 0.1) is 0 Å². The van der Waals surface area contributed by atoms with Gasteiger partial charge in [-0.1, -0.05) is 19.8 Å². The van der Waals surface area contributed by atoms with Crippen molar-refractivity contribution in [2.45, 2.75) is 53.0 Å². The average molecular weight is 281 g/mol. The Bertz CT molecular complexity index is 397. The summed E-state index contributed by atoms with van der Waals surface area (Å²) < 4.78 is 5.17. The fourth-order valence-electron chi connectivity index (χ4n) is 1.92. The first-order valence-corrected chi connectivity index (χ1v) is 7.42. The zero-order valence-corrected chi connectivity index (χ0v) is 13.3. The van der Waals surface area contributed by atoms with Gasteiger partial charge in [-0.3, -0.25) is 0 Å². The van der Waals surface area contributed by atoms with Gasteiger partial charge < -0.3 is 15.0 Å². The van der Waals surface area contributed by atoms with Crippen molar-refractivity contribution in [3.63, 3.8) is 0 Å². The van der Waals surface area contributed by atoms with E-state index < -0.39 is 0 Å². The molecule has 0 fully saturated rings. The number of anilines is 2. The molecule has 1 rings (SSSR count). The van der Waals surface area contributed by atoms with Gasteiger partial charge in [-0.15, -0.1) is 0 Å². The molecule has 114 valence electrons. The molecule has 1 heterocycles. The summed E-state index contributed by atoms with van der Waals surface area (Å²) in [6, 6.07) is 0.695. The normalized spacial score (nSPS) is 10.7. The van der Waals surface area contributed by atoms with Crippen molar-refractivity contribution in [1.29, 1.82) is 0 Å². The number of ether oxygens (including phenoxy) is 1. The lowest BCUT2D eigenvalue weighted by Gasteiger charge is -2.27. The fourth-order valence-corrected chi connectivity index (χ4v) is 1.92. The van der Waals surface area contributed by atoms with E-state index in [2.05, 4.69) is 45.9 Å². The smallest absolute Gasteiger partial charge is 0.322 e. The van der Waals surface area contributed by atoms with Crippen LogP contribution in [0.2, 0.25) is 0 Å². The van der Waals surface area contributed by atoms with Gasteiger partial charge in [0.25, 0.3) is 0 Å². The second-order valence-electron chi connectivity index (χ2n) is 4.97. The summed E-state index contributed by atoms with van der Waals surface area (Å²) in [5.41, 5.74) is 0. The topological polar surface area (TPSA) is 63.2 Å². The SMILES string of the molecule is CCCCCN(c1nc(NCC)nc(OC)n1)C(C)C. The van der Waals surface area contributed by atoms with Gasteiger partial charge in [0.1, 0.15) is 0 Å². The molecule has 0 aliphatic heterocycles. The lowest BCUT2D eigenvalue weighted by Crippen LogP contribution is -2.33. The van der Waals surface area contributed by atoms with E-state index in [-0.39, 0.29) is 0 Å². The maximum absolute atomic E-state index is 5.17. The van der Waals surface area contributed by atoms with Crippen molar-refractivity contribution in [1.82, 2.24) is 15.0 Å². The van der Waals surface area contributed by atoms with Crippen LogP contribution in [-0.2, 0) is 0 Å². The highest BCUT2D eigenvalue weighted by molar-refractivity contribution is 5.39. The first-order valence-electron chi connectivity index (χ1n) is 7.42. The minimum Gasteiger partial charge on any atom is -0.467 e. The molecule has 0 saturated carbocycles. The number of rotatable bonds is 9. The van der Waals surface area contributed by atoms with Gasteiger partial charge in [0, 0.05) is 19.1 Å². The number of methoxy groups -OCH3 is 1. The van der Waals surface area contributed by atoms with Crippen molar-refractivity contribution >= 4 is 11.9 Å². The Morgan fingerprint density at radius 3 is 2.45 bits per heavy atom. The average Bonchev–Trinajstić information content (AvgIpc) is 2.43. The summed E-state index contributed by atoms with van der Waals surface area (Å²) in [4.78, 5) is 15.3. The van der Waals surface area contributed by atoms with Gasteiger partial charge in [0.15, 0.2) is 0 Å². The Kier molecular flexibility index (Phi) is 7.04. The van der Waals surface area contributed by atoms with E-state index in [1.54, 1.807) is 7.11 Å². The van der Waals surface area contributed by atoms with Gasteiger partial charge in [0.05, 0.1) is 7.11 Å². The van der Waals surface area contributed by atoms with E-state index in [0.29, 0.717) is 23.9 Å². The first-order chi connectivity index (χ1) is 9.62. The van der Waals surface area contributed by atoms with E-state index in [9.17, 15) is 0 Å². The number of hydrogen-bond donors (Lipinski definition) is 1. The maximum Gasteiger partial charge on any atom is 0.322 e. The Hall–Kier alpha value is -1.59. The van der Waals surface area contributed by atoms with E-state index in [4.69, 9.17) is 4.74 Å². The van der Waals surface area contributed by atoms with E-state index in [0.717, 1.165) is 19.5 Å². The van der Waals surface area contributed by atoms with Gasteiger partial charge in [-0.05, 0) is 27.2 Å². The largest absolute Gasteiger partial charge is 0.467 e. The van der Waals surface area contributed by atoms with E-state index >= 15 is 0 Å². The third-order valence-corrected chi connectivity index (χ3v) is 3.00. The molecule has 1 N–H and O–H groups in total. The minimum absolute atomic E-state index is 0.341. The Labute approximate surface area is 122 Å².